The first-order valence-corrected chi connectivity index (χ1v) is 10.1. The maximum atomic E-state index is 12.4. The van der Waals surface area contributed by atoms with Gasteiger partial charge in [-0.15, -0.1) is 0 Å². The fourth-order valence-electron chi connectivity index (χ4n) is 3.38. The van der Waals surface area contributed by atoms with Gasteiger partial charge in [0.2, 0.25) is 0 Å². The van der Waals surface area contributed by atoms with E-state index in [0.717, 1.165) is 17.5 Å². The highest BCUT2D eigenvalue weighted by Gasteiger charge is 2.25. The highest BCUT2D eigenvalue weighted by molar-refractivity contribution is 6.32. The SMILES string of the molecule is CCc1cccc(Cl)c1COc1ccc(NC(=O)C2=C(C(=O)O)CCC2)cc1Cl. The number of hydrogen-bond acceptors (Lipinski definition) is 3. The van der Waals surface area contributed by atoms with Gasteiger partial charge in [-0.05, 0) is 55.5 Å². The molecule has 0 bridgehead atoms. The molecular formula is C22H21Cl2NO4. The fourth-order valence-corrected chi connectivity index (χ4v) is 3.86. The number of carboxylic acid groups (broad SMARTS) is 1. The molecule has 0 saturated heterocycles. The second-order valence-corrected chi connectivity index (χ2v) is 7.55. The Kier molecular flexibility index (Phi) is 6.83. The van der Waals surface area contributed by atoms with Gasteiger partial charge >= 0.3 is 5.97 Å². The van der Waals surface area contributed by atoms with Crippen LogP contribution in [0.3, 0.4) is 0 Å². The molecular weight excluding hydrogens is 413 g/mol. The van der Waals surface area contributed by atoms with Crippen molar-refractivity contribution in [2.45, 2.75) is 39.2 Å². The predicted octanol–water partition coefficient (Wildman–Crippen LogP) is 5.64. The molecule has 0 unspecified atom stereocenters. The van der Waals surface area contributed by atoms with Gasteiger partial charge in [-0.3, -0.25) is 4.79 Å². The third-order valence-corrected chi connectivity index (χ3v) is 5.56. The Labute approximate surface area is 179 Å². The molecule has 2 aromatic rings. The maximum Gasteiger partial charge on any atom is 0.332 e. The minimum atomic E-state index is -1.04. The Morgan fingerprint density at radius 1 is 1.10 bits per heavy atom. The van der Waals surface area contributed by atoms with E-state index in [1.807, 2.05) is 18.2 Å². The molecule has 1 amide bonds. The number of amides is 1. The molecule has 152 valence electrons. The largest absolute Gasteiger partial charge is 0.487 e. The minimum absolute atomic E-state index is 0.181. The molecule has 0 saturated carbocycles. The van der Waals surface area contributed by atoms with Crippen LogP contribution in [0.15, 0.2) is 47.5 Å². The van der Waals surface area contributed by atoms with Crippen LogP contribution in [0.4, 0.5) is 5.69 Å². The van der Waals surface area contributed by atoms with Crippen molar-refractivity contribution in [3.05, 3.63) is 68.7 Å². The van der Waals surface area contributed by atoms with Crippen LogP contribution in [0.1, 0.15) is 37.3 Å². The summed E-state index contributed by atoms with van der Waals surface area (Å²) in [6.45, 7) is 2.33. The average Bonchev–Trinajstić information content (AvgIpc) is 3.18. The molecule has 3 rings (SSSR count). The zero-order valence-corrected chi connectivity index (χ0v) is 17.4. The third-order valence-electron chi connectivity index (χ3n) is 4.91. The lowest BCUT2D eigenvalue weighted by Gasteiger charge is -2.14. The van der Waals surface area contributed by atoms with Gasteiger partial charge < -0.3 is 15.2 Å². The van der Waals surface area contributed by atoms with Crippen LogP contribution in [-0.4, -0.2) is 17.0 Å². The van der Waals surface area contributed by atoms with Gasteiger partial charge in [-0.25, -0.2) is 4.79 Å². The number of anilines is 1. The topological polar surface area (TPSA) is 75.6 Å². The van der Waals surface area contributed by atoms with Crippen molar-refractivity contribution in [2.24, 2.45) is 0 Å². The van der Waals surface area contributed by atoms with Gasteiger partial charge in [0.05, 0.1) is 5.02 Å². The smallest absolute Gasteiger partial charge is 0.332 e. The molecule has 0 radical (unpaired) electrons. The second-order valence-electron chi connectivity index (χ2n) is 6.73. The number of aliphatic carboxylic acids is 1. The van der Waals surface area contributed by atoms with Crippen LogP contribution < -0.4 is 10.1 Å². The molecule has 0 aliphatic heterocycles. The van der Waals surface area contributed by atoms with Gasteiger partial charge in [-0.2, -0.15) is 0 Å². The Balaban J connectivity index is 1.70. The fraction of sp³-hybridized carbons (Fsp3) is 0.273. The molecule has 7 heteroatoms. The van der Waals surface area contributed by atoms with Gasteiger partial charge in [-0.1, -0.05) is 42.3 Å². The van der Waals surface area contributed by atoms with Crippen molar-refractivity contribution in [3.8, 4) is 5.75 Å². The number of rotatable bonds is 7. The summed E-state index contributed by atoms with van der Waals surface area (Å²) in [6.07, 6.45) is 2.37. The van der Waals surface area contributed by atoms with Crippen molar-refractivity contribution in [1.82, 2.24) is 0 Å². The first kappa shape index (κ1) is 21.2. The molecule has 1 aliphatic carbocycles. The first-order valence-electron chi connectivity index (χ1n) is 9.36. The average molecular weight is 434 g/mol. The number of carboxylic acids is 1. The molecule has 5 nitrogen and oxygen atoms in total. The quantitative estimate of drug-likeness (QED) is 0.592. The summed E-state index contributed by atoms with van der Waals surface area (Å²) in [5, 5.41) is 12.9. The molecule has 2 aromatic carbocycles. The van der Waals surface area contributed by atoms with E-state index in [1.54, 1.807) is 18.2 Å². The van der Waals surface area contributed by atoms with E-state index >= 15 is 0 Å². The molecule has 2 N–H and O–H groups in total. The summed E-state index contributed by atoms with van der Waals surface area (Å²) >= 11 is 12.6. The maximum absolute atomic E-state index is 12.4. The number of carbonyl (C=O) groups excluding carboxylic acids is 1. The number of carbonyl (C=O) groups is 2. The second kappa shape index (κ2) is 9.33. The zero-order chi connectivity index (χ0) is 21.0. The summed E-state index contributed by atoms with van der Waals surface area (Å²) in [5.41, 5.74) is 3.00. The first-order chi connectivity index (χ1) is 13.9. The highest BCUT2D eigenvalue weighted by Crippen LogP contribution is 2.31. The third kappa shape index (κ3) is 4.92. The normalized spacial score (nSPS) is 13.5. The summed E-state index contributed by atoms with van der Waals surface area (Å²) in [5.74, 6) is -0.980. The van der Waals surface area contributed by atoms with Crippen LogP contribution in [0.5, 0.6) is 5.75 Å². The number of halogens is 2. The molecule has 0 heterocycles. The van der Waals surface area contributed by atoms with E-state index in [2.05, 4.69) is 12.2 Å². The van der Waals surface area contributed by atoms with Crippen molar-refractivity contribution < 1.29 is 19.4 Å². The van der Waals surface area contributed by atoms with Crippen LogP contribution >= 0.6 is 23.2 Å². The van der Waals surface area contributed by atoms with Gasteiger partial charge in [0.1, 0.15) is 12.4 Å². The van der Waals surface area contributed by atoms with Gasteiger partial charge in [0.25, 0.3) is 5.91 Å². The molecule has 29 heavy (non-hydrogen) atoms. The van der Waals surface area contributed by atoms with E-state index < -0.39 is 11.9 Å². The molecule has 1 aliphatic rings. The van der Waals surface area contributed by atoms with Crippen molar-refractivity contribution in [1.29, 1.82) is 0 Å². The molecule has 0 spiro atoms. The molecule has 0 atom stereocenters. The summed E-state index contributed by atoms with van der Waals surface area (Å²) in [6, 6.07) is 10.7. The van der Waals surface area contributed by atoms with E-state index in [9.17, 15) is 14.7 Å². The van der Waals surface area contributed by atoms with Crippen LogP contribution in [0, 0.1) is 0 Å². The lowest BCUT2D eigenvalue weighted by Crippen LogP contribution is -2.16. The monoisotopic (exact) mass is 433 g/mol. The van der Waals surface area contributed by atoms with Crippen LogP contribution in [0.25, 0.3) is 0 Å². The lowest BCUT2D eigenvalue weighted by atomic mass is 10.1. The van der Waals surface area contributed by atoms with Gasteiger partial charge in [0.15, 0.2) is 0 Å². The number of benzene rings is 2. The van der Waals surface area contributed by atoms with Crippen molar-refractivity contribution in [2.75, 3.05) is 5.32 Å². The van der Waals surface area contributed by atoms with Crippen LogP contribution in [-0.2, 0) is 22.6 Å². The van der Waals surface area contributed by atoms with Crippen molar-refractivity contribution in [3.63, 3.8) is 0 Å². The molecule has 0 aromatic heterocycles. The highest BCUT2D eigenvalue weighted by atomic mass is 35.5. The van der Waals surface area contributed by atoms with E-state index in [4.69, 9.17) is 27.9 Å². The summed E-state index contributed by atoms with van der Waals surface area (Å²) < 4.78 is 5.84. The number of aryl methyl sites for hydroxylation is 1. The number of nitrogens with one attached hydrogen (secondary N) is 1. The van der Waals surface area contributed by atoms with Crippen LogP contribution in [0.2, 0.25) is 10.0 Å². The Morgan fingerprint density at radius 2 is 1.86 bits per heavy atom. The number of ether oxygens (including phenoxy) is 1. The zero-order valence-electron chi connectivity index (χ0n) is 15.9. The van der Waals surface area contributed by atoms with E-state index in [0.29, 0.717) is 46.3 Å². The lowest BCUT2D eigenvalue weighted by molar-refractivity contribution is -0.133. The van der Waals surface area contributed by atoms with Crippen molar-refractivity contribution >= 4 is 40.8 Å². The minimum Gasteiger partial charge on any atom is -0.487 e. The summed E-state index contributed by atoms with van der Waals surface area (Å²) in [7, 11) is 0. The standard InChI is InChI=1S/C22H21Cl2NO4/c1-2-13-5-3-8-18(23)17(13)12-29-20-10-9-14(11-19(20)24)25-21(26)15-6-4-7-16(15)22(27)28/h3,5,8-11H,2,4,6-7,12H2,1H3,(H,25,26)(H,27,28). The Bertz CT molecular complexity index is 985. The van der Waals surface area contributed by atoms with E-state index in [-0.39, 0.29) is 12.2 Å². The van der Waals surface area contributed by atoms with Gasteiger partial charge in [0, 0.05) is 27.4 Å². The van der Waals surface area contributed by atoms with E-state index in [1.165, 1.54) is 0 Å². The Morgan fingerprint density at radius 3 is 2.55 bits per heavy atom. The number of hydrogen-bond donors (Lipinski definition) is 2. The molecule has 0 fully saturated rings. The predicted molar refractivity (Wildman–Crippen MR) is 114 cm³/mol. The Hall–Kier alpha value is -2.50. The summed E-state index contributed by atoms with van der Waals surface area (Å²) in [4.78, 5) is 23.7.